The maximum atomic E-state index is 6.30. The first kappa shape index (κ1) is 13.3. The van der Waals surface area contributed by atoms with E-state index in [0.29, 0.717) is 11.1 Å². The molecule has 0 amide bonds. The van der Waals surface area contributed by atoms with Crippen molar-refractivity contribution in [1.82, 2.24) is 9.97 Å². The van der Waals surface area contributed by atoms with Crippen LogP contribution < -0.4 is 5.32 Å². The van der Waals surface area contributed by atoms with Gasteiger partial charge in [0.25, 0.3) is 0 Å². The van der Waals surface area contributed by atoms with Crippen molar-refractivity contribution in [2.75, 3.05) is 5.32 Å². The van der Waals surface area contributed by atoms with Crippen molar-refractivity contribution in [1.29, 1.82) is 0 Å². The molecular formula is C15H14ClN3S. The Bertz CT molecular complexity index is 795. The van der Waals surface area contributed by atoms with Crippen LogP contribution in [-0.4, -0.2) is 9.97 Å². The smallest absolute Gasteiger partial charge is 0.230 e. The lowest BCUT2D eigenvalue weighted by Gasteiger charge is -2.08. The monoisotopic (exact) mass is 303 g/mol. The molecule has 0 saturated carbocycles. The number of anilines is 2. The summed E-state index contributed by atoms with van der Waals surface area (Å²) in [6, 6.07) is 8.03. The van der Waals surface area contributed by atoms with Gasteiger partial charge in [-0.05, 0) is 38.0 Å². The zero-order valence-electron chi connectivity index (χ0n) is 11.5. The summed E-state index contributed by atoms with van der Waals surface area (Å²) in [5, 5.41) is 4.70. The van der Waals surface area contributed by atoms with E-state index in [1.165, 1.54) is 4.88 Å². The number of hydrogen-bond donors (Lipinski definition) is 1. The van der Waals surface area contributed by atoms with Gasteiger partial charge >= 0.3 is 0 Å². The minimum Gasteiger partial charge on any atom is -0.324 e. The number of benzene rings is 1. The Morgan fingerprint density at radius 2 is 1.85 bits per heavy atom. The van der Waals surface area contributed by atoms with E-state index < -0.39 is 0 Å². The molecule has 0 atom stereocenters. The van der Waals surface area contributed by atoms with E-state index in [4.69, 9.17) is 11.6 Å². The van der Waals surface area contributed by atoms with Crippen LogP contribution >= 0.6 is 22.9 Å². The van der Waals surface area contributed by atoms with Crippen LogP contribution in [0.1, 0.15) is 16.0 Å². The molecule has 1 N–H and O–H groups in total. The Labute approximate surface area is 126 Å². The van der Waals surface area contributed by atoms with E-state index >= 15 is 0 Å². The Hall–Kier alpha value is -1.65. The molecule has 2 heterocycles. The highest BCUT2D eigenvalue weighted by Gasteiger charge is 2.13. The normalized spacial score (nSPS) is 11.0. The molecule has 3 rings (SSSR count). The molecule has 2 aromatic heterocycles. The molecule has 20 heavy (non-hydrogen) atoms. The number of fused-ring (bicyclic) bond motifs is 1. The third kappa shape index (κ3) is 2.25. The molecule has 0 saturated heterocycles. The number of rotatable bonds is 2. The minimum absolute atomic E-state index is 0.507. The molecule has 0 aliphatic rings. The lowest BCUT2D eigenvalue weighted by Crippen LogP contribution is -1.98. The Morgan fingerprint density at radius 3 is 2.60 bits per heavy atom. The lowest BCUT2D eigenvalue weighted by molar-refractivity contribution is 1.21. The van der Waals surface area contributed by atoms with Crippen LogP contribution in [0.5, 0.6) is 0 Å². The van der Waals surface area contributed by atoms with Gasteiger partial charge < -0.3 is 5.32 Å². The number of para-hydroxylation sites is 1. The molecule has 0 aliphatic heterocycles. The summed E-state index contributed by atoms with van der Waals surface area (Å²) in [7, 11) is 0. The topological polar surface area (TPSA) is 37.8 Å². The molecule has 5 heteroatoms. The summed E-state index contributed by atoms with van der Waals surface area (Å²) in [4.78, 5) is 11.1. The zero-order chi connectivity index (χ0) is 14.3. The van der Waals surface area contributed by atoms with Crippen LogP contribution in [0, 0.1) is 20.8 Å². The highest BCUT2D eigenvalue weighted by atomic mass is 35.5. The Balaban J connectivity index is 2.07. The van der Waals surface area contributed by atoms with Crippen molar-refractivity contribution >= 4 is 44.8 Å². The molecule has 3 aromatic rings. The van der Waals surface area contributed by atoms with Crippen LogP contribution in [-0.2, 0) is 0 Å². The van der Waals surface area contributed by atoms with E-state index in [2.05, 4.69) is 29.1 Å². The van der Waals surface area contributed by atoms with Gasteiger partial charge in [0, 0.05) is 10.6 Å². The van der Waals surface area contributed by atoms with Crippen molar-refractivity contribution in [3.63, 3.8) is 0 Å². The number of nitrogens with one attached hydrogen (secondary N) is 1. The van der Waals surface area contributed by atoms with E-state index in [1.54, 1.807) is 11.3 Å². The zero-order valence-corrected chi connectivity index (χ0v) is 13.1. The lowest BCUT2D eigenvalue weighted by atomic mass is 10.2. The van der Waals surface area contributed by atoms with Crippen molar-refractivity contribution in [2.45, 2.75) is 20.8 Å². The van der Waals surface area contributed by atoms with Gasteiger partial charge in [-0.1, -0.05) is 29.8 Å². The average Bonchev–Trinajstić information content (AvgIpc) is 2.68. The van der Waals surface area contributed by atoms with Gasteiger partial charge in [-0.15, -0.1) is 11.3 Å². The van der Waals surface area contributed by atoms with Gasteiger partial charge in [-0.3, -0.25) is 0 Å². The molecule has 1 aromatic carbocycles. The summed E-state index contributed by atoms with van der Waals surface area (Å²) in [6.07, 6.45) is 0. The number of aromatic nitrogens is 2. The van der Waals surface area contributed by atoms with Crippen molar-refractivity contribution < 1.29 is 0 Å². The van der Waals surface area contributed by atoms with Gasteiger partial charge in [0.2, 0.25) is 5.95 Å². The molecule has 0 bridgehead atoms. The number of halogens is 1. The molecule has 0 unspecified atom stereocenters. The van der Waals surface area contributed by atoms with Crippen LogP contribution in [0.3, 0.4) is 0 Å². The summed E-state index contributed by atoms with van der Waals surface area (Å²) in [6.45, 7) is 6.17. The fraction of sp³-hybridized carbons (Fsp3) is 0.200. The standard InChI is InChI=1S/C15H14ClN3S/c1-8-6-4-5-7-11(8)17-15-18-13(16)12-9(2)10(3)20-14(12)19-15/h4-7H,1-3H3,(H,17,18,19). The van der Waals surface area contributed by atoms with Crippen molar-refractivity contribution in [2.24, 2.45) is 0 Å². The van der Waals surface area contributed by atoms with Crippen LogP contribution in [0.25, 0.3) is 10.2 Å². The number of aryl methyl sites for hydroxylation is 3. The first-order valence-electron chi connectivity index (χ1n) is 6.32. The largest absolute Gasteiger partial charge is 0.324 e. The first-order chi connectivity index (χ1) is 9.56. The van der Waals surface area contributed by atoms with Crippen molar-refractivity contribution in [3.8, 4) is 0 Å². The molecular weight excluding hydrogens is 290 g/mol. The van der Waals surface area contributed by atoms with E-state index in [-0.39, 0.29) is 0 Å². The van der Waals surface area contributed by atoms with Gasteiger partial charge in [-0.2, -0.15) is 0 Å². The summed E-state index contributed by atoms with van der Waals surface area (Å²) in [5.74, 6) is 0.540. The molecule has 3 nitrogen and oxygen atoms in total. The average molecular weight is 304 g/mol. The van der Waals surface area contributed by atoms with E-state index in [0.717, 1.165) is 27.0 Å². The van der Waals surface area contributed by atoms with Gasteiger partial charge in [0.05, 0.1) is 5.39 Å². The van der Waals surface area contributed by atoms with Crippen LogP contribution in [0.2, 0.25) is 5.15 Å². The molecule has 0 spiro atoms. The Kier molecular flexibility index (Phi) is 3.36. The first-order valence-corrected chi connectivity index (χ1v) is 7.51. The third-order valence-corrected chi connectivity index (χ3v) is 4.75. The van der Waals surface area contributed by atoms with E-state index in [9.17, 15) is 0 Å². The molecule has 0 fully saturated rings. The molecule has 0 radical (unpaired) electrons. The second-order valence-electron chi connectivity index (χ2n) is 4.74. The maximum absolute atomic E-state index is 6.30. The predicted octanol–water partition coefficient (Wildman–Crippen LogP) is 5.01. The summed E-state index contributed by atoms with van der Waals surface area (Å²) in [5.41, 5.74) is 3.30. The second-order valence-corrected chi connectivity index (χ2v) is 6.30. The van der Waals surface area contributed by atoms with Crippen LogP contribution in [0.15, 0.2) is 24.3 Å². The summed E-state index contributed by atoms with van der Waals surface area (Å²) >= 11 is 7.95. The second kappa shape index (κ2) is 5.04. The highest BCUT2D eigenvalue weighted by Crippen LogP contribution is 2.34. The number of thiophene rings is 1. The quantitative estimate of drug-likeness (QED) is 0.676. The molecule has 102 valence electrons. The van der Waals surface area contributed by atoms with E-state index in [1.807, 2.05) is 31.2 Å². The number of hydrogen-bond acceptors (Lipinski definition) is 4. The maximum Gasteiger partial charge on any atom is 0.230 e. The number of nitrogens with zero attached hydrogens (tertiary/aromatic N) is 2. The fourth-order valence-electron chi connectivity index (χ4n) is 2.09. The third-order valence-electron chi connectivity index (χ3n) is 3.38. The van der Waals surface area contributed by atoms with Gasteiger partial charge in [0.1, 0.15) is 9.98 Å². The highest BCUT2D eigenvalue weighted by molar-refractivity contribution is 7.18. The molecule has 0 aliphatic carbocycles. The van der Waals surface area contributed by atoms with Crippen LogP contribution in [0.4, 0.5) is 11.6 Å². The van der Waals surface area contributed by atoms with Gasteiger partial charge in [0.15, 0.2) is 0 Å². The SMILES string of the molecule is Cc1ccccc1Nc1nc(Cl)c2c(C)c(C)sc2n1. The fourth-order valence-corrected chi connectivity index (χ4v) is 3.49. The Morgan fingerprint density at radius 1 is 1.10 bits per heavy atom. The minimum atomic E-state index is 0.507. The predicted molar refractivity (Wildman–Crippen MR) is 86.4 cm³/mol. The van der Waals surface area contributed by atoms with Gasteiger partial charge in [-0.25, -0.2) is 9.97 Å². The summed E-state index contributed by atoms with van der Waals surface area (Å²) < 4.78 is 0. The van der Waals surface area contributed by atoms with Crippen molar-refractivity contribution in [3.05, 3.63) is 45.4 Å².